The predicted octanol–water partition coefficient (Wildman–Crippen LogP) is 2.86. The third kappa shape index (κ3) is 2.74. The molecule has 1 aromatic rings. The number of halogens is 2. The number of hydrogen-bond donors (Lipinski definition) is 1. The highest BCUT2D eigenvalue weighted by Crippen LogP contribution is 2.45. The second-order valence-electron chi connectivity index (χ2n) is 5.26. The predicted molar refractivity (Wildman–Crippen MR) is 78.0 cm³/mol. The minimum absolute atomic E-state index is 0.0594. The molecule has 1 amide bonds. The van der Waals surface area contributed by atoms with Crippen molar-refractivity contribution < 1.29 is 19.1 Å². The number of carbonyl (C=O) groups is 2. The van der Waals surface area contributed by atoms with Crippen molar-refractivity contribution in [1.29, 1.82) is 0 Å². The van der Waals surface area contributed by atoms with Gasteiger partial charge in [-0.1, -0.05) is 11.6 Å². The lowest BCUT2D eigenvalue weighted by atomic mass is 10.1. The Morgan fingerprint density at radius 2 is 2.10 bits per heavy atom. The molecule has 21 heavy (non-hydrogen) atoms. The summed E-state index contributed by atoms with van der Waals surface area (Å²) in [7, 11) is 0. The lowest BCUT2D eigenvalue weighted by Gasteiger charge is -2.27. The van der Waals surface area contributed by atoms with Crippen LogP contribution >= 0.6 is 23.4 Å². The molecule has 1 N–H and O–H groups in total. The van der Waals surface area contributed by atoms with Gasteiger partial charge in [-0.15, -0.1) is 11.8 Å². The third-order valence-electron chi connectivity index (χ3n) is 3.75. The Morgan fingerprint density at radius 3 is 2.67 bits per heavy atom. The summed E-state index contributed by atoms with van der Waals surface area (Å²) in [5.41, 5.74) is 0.135. The largest absolute Gasteiger partial charge is 0.480 e. The van der Waals surface area contributed by atoms with E-state index in [1.807, 2.05) is 0 Å². The maximum Gasteiger partial charge on any atom is 0.327 e. The van der Waals surface area contributed by atoms with E-state index >= 15 is 0 Å². The fourth-order valence-corrected chi connectivity index (χ4v) is 4.25. The van der Waals surface area contributed by atoms with Gasteiger partial charge in [0.2, 0.25) is 0 Å². The van der Waals surface area contributed by atoms with Crippen molar-refractivity contribution in [3.63, 3.8) is 0 Å². The Morgan fingerprint density at radius 1 is 1.38 bits per heavy atom. The summed E-state index contributed by atoms with van der Waals surface area (Å²) >= 11 is 7.11. The van der Waals surface area contributed by atoms with Gasteiger partial charge >= 0.3 is 5.97 Å². The van der Waals surface area contributed by atoms with Gasteiger partial charge in [0.25, 0.3) is 5.91 Å². The van der Waals surface area contributed by atoms with Crippen molar-refractivity contribution in [2.75, 3.05) is 5.75 Å². The SMILES string of the molecule is O=C(O)C1CSC(C2CC2)N1C(=O)c1ccc(Cl)c(F)c1. The molecule has 112 valence electrons. The van der Waals surface area contributed by atoms with Crippen LogP contribution in [0.2, 0.25) is 5.02 Å². The first-order valence-electron chi connectivity index (χ1n) is 6.61. The molecule has 4 nitrogen and oxygen atoms in total. The van der Waals surface area contributed by atoms with Crippen LogP contribution < -0.4 is 0 Å². The summed E-state index contributed by atoms with van der Waals surface area (Å²) in [4.78, 5) is 25.4. The number of benzene rings is 1. The first-order valence-corrected chi connectivity index (χ1v) is 8.04. The van der Waals surface area contributed by atoms with Crippen molar-refractivity contribution in [1.82, 2.24) is 4.90 Å². The Labute approximate surface area is 130 Å². The number of amides is 1. The zero-order valence-corrected chi connectivity index (χ0v) is 12.5. The number of carboxylic acids is 1. The number of carbonyl (C=O) groups excluding carboxylic acids is 1. The molecule has 1 heterocycles. The van der Waals surface area contributed by atoms with Crippen LogP contribution in [0.3, 0.4) is 0 Å². The highest BCUT2D eigenvalue weighted by atomic mass is 35.5. The maximum absolute atomic E-state index is 13.5. The number of carboxylic acid groups (broad SMARTS) is 1. The van der Waals surface area contributed by atoms with Crippen molar-refractivity contribution in [2.45, 2.75) is 24.3 Å². The fraction of sp³-hybridized carbons (Fsp3) is 0.429. The molecule has 2 atom stereocenters. The van der Waals surface area contributed by atoms with E-state index in [0.29, 0.717) is 11.7 Å². The quantitative estimate of drug-likeness (QED) is 0.926. The van der Waals surface area contributed by atoms with Gasteiger partial charge < -0.3 is 10.0 Å². The molecule has 1 aliphatic heterocycles. The summed E-state index contributed by atoms with van der Waals surface area (Å²) in [5, 5.41) is 9.11. The zero-order chi connectivity index (χ0) is 15.1. The number of hydrogen-bond acceptors (Lipinski definition) is 3. The van der Waals surface area contributed by atoms with Gasteiger partial charge in [0, 0.05) is 11.3 Å². The van der Waals surface area contributed by atoms with Gasteiger partial charge in [-0.25, -0.2) is 9.18 Å². The molecule has 7 heteroatoms. The molecule has 2 aliphatic rings. The normalized spacial score (nSPS) is 25.1. The number of rotatable bonds is 3. The molecule has 3 rings (SSSR count). The van der Waals surface area contributed by atoms with Gasteiger partial charge in [0.05, 0.1) is 10.4 Å². The van der Waals surface area contributed by atoms with Crippen molar-refractivity contribution in [3.05, 3.63) is 34.6 Å². The minimum Gasteiger partial charge on any atom is -0.480 e. The molecule has 0 radical (unpaired) electrons. The van der Waals surface area contributed by atoms with Crippen molar-refractivity contribution >= 4 is 35.2 Å². The van der Waals surface area contributed by atoms with E-state index in [0.717, 1.165) is 18.9 Å². The maximum atomic E-state index is 13.5. The van der Waals surface area contributed by atoms with Crippen LogP contribution in [0.15, 0.2) is 18.2 Å². The molecule has 1 aliphatic carbocycles. The van der Waals surface area contributed by atoms with E-state index < -0.39 is 23.7 Å². The number of thioether (sulfide) groups is 1. The third-order valence-corrected chi connectivity index (χ3v) is 5.51. The van der Waals surface area contributed by atoms with Gasteiger partial charge in [-0.3, -0.25) is 4.79 Å². The molecule has 0 spiro atoms. The summed E-state index contributed by atoms with van der Waals surface area (Å²) in [5.74, 6) is -1.42. The van der Waals surface area contributed by atoms with Crippen LogP contribution in [0.25, 0.3) is 0 Å². The highest BCUT2D eigenvalue weighted by Gasteiger charge is 2.48. The summed E-state index contributed by atoms with van der Waals surface area (Å²) in [6.45, 7) is 0. The second-order valence-corrected chi connectivity index (χ2v) is 6.81. The molecule has 0 aromatic heterocycles. The van der Waals surface area contributed by atoms with Crippen LogP contribution in [0, 0.1) is 11.7 Å². The van der Waals surface area contributed by atoms with Gasteiger partial charge in [-0.2, -0.15) is 0 Å². The summed E-state index contributed by atoms with van der Waals surface area (Å²) < 4.78 is 13.5. The Bertz CT molecular complexity index is 608. The average Bonchev–Trinajstić information content (AvgIpc) is 3.19. The van der Waals surface area contributed by atoms with Crippen LogP contribution in [-0.2, 0) is 4.79 Å². The molecule has 1 saturated carbocycles. The van der Waals surface area contributed by atoms with Crippen LogP contribution in [-0.4, -0.2) is 39.1 Å². The number of aliphatic carboxylic acids is 1. The monoisotopic (exact) mass is 329 g/mol. The average molecular weight is 330 g/mol. The summed E-state index contributed by atoms with van der Waals surface area (Å²) in [6.07, 6.45) is 2.01. The van der Waals surface area contributed by atoms with Gasteiger partial charge in [0.15, 0.2) is 0 Å². The fourth-order valence-electron chi connectivity index (χ4n) is 2.50. The topological polar surface area (TPSA) is 57.6 Å². The Balaban J connectivity index is 1.91. The van der Waals surface area contributed by atoms with E-state index in [1.165, 1.54) is 28.8 Å². The van der Waals surface area contributed by atoms with E-state index in [4.69, 9.17) is 11.6 Å². The van der Waals surface area contributed by atoms with Crippen LogP contribution in [0.4, 0.5) is 4.39 Å². The Hall–Kier alpha value is -1.27. The first-order chi connectivity index (χ1) is 9.99. The molecule has 2 unspecified atom stereocenters. The molecule has 2 fully saturated rings. The molecular formula is C14H13ClFNO3S. The van der Waals surface area contributed by atoms with Crippen LogP contribution in [0.5, 0.6) is 0 Å². The lowest BCUT2D eigenvalue weighted by Crippen LogP contribution is -2.46. The van der Waals surface area contributed by atoms with E-state index in [1.54, 1.807) is 0 Å². The molecule has 1 saturated heterocycles. The van der Waals surface area contributed by atoms with E-state index in [9.17, 15) is 19.1 Å². The van der Waals surface area contributed by atoms with Crippen molar-refractivity contribution in [3.8, 4) is 0 Å². The Kier molecular flexibility index (Phi) is 3.84. The second kappa shape index (κ2) is 5.50. The standard InChI is InChI=1S/C14H13ClFNO3S/c15-9-4-3-8(5-10(9)16)12(18)17-11(14(19)20)6-21-13(17)7-1-2-7/h3-5,7,11,13H,1-2,6H2,(H,19,20). The molecule has 1 aromatic carbocycles. The summed E-state index contributed by atoms with van der Waals surface area (Å²) in [6, 6.07) is 2.96. The lowest BCUT2D eigenvalue weighted by molar-refractivity contribution is -0.141. The van der Waals surface area contributed by atoms with E-state index in [2.05, 4.69) is 0 Å². The molecular weight excluding hydrogens is 317 g/mol. The van der Waals surface area contributed by atoms with Crippen LogP contribution in [0.1, 0.15) is 23.2 Å². The minimum atomic E-state index is -1.02. The smallest absolute Gasteiger partial charge is 0.327 e. The molecule has 0 bridgehead atoms. The van der Waals surface area contributed by atoms with Crippen molar-refractivity contribution in [2.24, 2.45) is 5.92 Å². The van der Waals surface area contributed by atoms with Gasteiger partial charge in [-0.05, 0) is 37.0 Å². The van der Waals surface area contributed by atoms with Gasteiger partial charge in [0.1, 0.15) is 11.9 Å². The zero-order valence-electron chi connectivity index (χ0n) is 11.0. The van der Waals surface area contributed by atoms with E-state index in [-0.39, 0.29) is 16.0 Å². The first kappa shape index (κ1) is 14.7. The highest BCUT2D eigenvalue weighted by molar-refractivity contribution is 8.00. The number of nitrogens with zero attached hydrogens (tertiary/aromatic N) is 1.